The van der Waals surface area contributed by atoms with Crippen LogP contribution in [0.3, 0.4) is 0 Å². The summed E-state index contributed by atoms with van der Waals surface area (Å²) in [6.07, 6.45) is 0. The highest BCUT2D eigenvalue weighted by Gasteiger charge is 2.21. The summed E-state index contributed by atoms with van der Waals surface area (Å²) in [4.78, 5) is 11.7. The van der Waals surface area contributed by atoms with E-state index >= 15 is 0 Å². The molecule has 0 aliphatic rings. The topological polar surface area (TPSA) is 64.3 Å². The average molecular weight is 278 g/mol. The molecule has 2 rings (SSSR count). The van der Waals surface area contributed by atoms with Crippen molar-refractivity contribution in [2.24, 2.45) is 0 Å². The standard InChI is InChI=1S/C14H15FN2O3/c1-3-20-14(19)12-9(2)13(18)17(16-12)8-10-6-4-5-7-11(10)15/h4-7,18H,3,8H2,1-2H3. The molecule has 2 aromatic rings. The van der Waals surface area contributed by atoms with Crippen LogP contribution in [-0.2, 0) is 11.3 Å². The number of ether oxygens (including phenoxy) is 1. The van der Waals surface area contributed by atoms with Crippen LogP contribution in [0.4, 0.5) is 4.39 Å². The summed E-state index contributed by atoms with van der Waals surface area (Å²) in [5, 5.41) is 13.9. The first-order valence-electron chi connectivity index (χ1n) is 6.21. The van der Waals surface area contributed by atoms with E-state index in [1.165, 1.54) is 10.7 Å². The Balaban J connectivity index is 2.32. The average Bonchev–Trinajstić information content (AvgIpc) is 2.70. The van der Waals surface area contributed by atoms with E-state index in [1.807, 2.05) is 0 Å². The molecule has 6 heteroatoms. The van der Waals surface area contributed by atoms with Crippen LogP contribution >= 0.6 is 0 Å². The predicted octanol–water partition coefficient (Wildman–Crippen LogP) is 2.26. The number of aromatic hydroxyl groups is 1. The van der Waals surface area contributed by atoms with Gasteiger partial charge in [0, 0.05) is 11.1 Å². The summed E-state index contributed by atoms with van der Waals surface area (Å²) >= 11 is 0. The lowest BCUT2D eigenvalue weighted by Gasteiger charge is -2.04. The van der Waals surface area contributed by atoms with E-state index in [4.69, 9.17) is 4.74 Å². The van der Waals surface area contributed by atoms with Gasteiger partial charge in [-0.3, -0.25) is 0 Å². The van der Waals surface area contributed by atoms with E-state index in [2.05, 4.69) is 5.10 Å². The first kappa shape index (κ1) is 14.0. The van der Waals surface area contributed by atoms with Gasteiger partial charge in [-0.05, 0) is 19.9 Å². The minimum Gasteiger partial charge on any atom is -0.493 e. The fraction of sp³-hybridized carbons (Fsp3) is 0.286. The van der Waals surface area contributed by atoms with Crippen molar-refractivity contribution in [2.75, 3.05) is 6.61 Å². The van der Waals surface area contributed by atoms with Gasteiger partial charge in [0.05, 0.1) is 13.2 Å². The molecule has 0 unspecified atom stereocenters. The molecule has 1 N–H and O–H groups in total. The number of carbonyl (C=O) groups excluding carboxylic acids is 1. The van der Waals surface area contributed by atoms with Gasteiger partial charge in [-0.15, -0.1) is 0 Å². The Hall–Kier alpha value is -2.37. The summed E-state index contributed by atoms with van der Waals surface area (Å²) in [6, 6.07) is 6.19. The summed E-state index contributed by atoms with van der Waals surface area (Å²) in [5.74, 6) is -1.17. The van der Waals surface area contributed by atoms with Crippen molar-refractivity contribution in [3.05, 3.63) is 46.9 Å². The number of benzene rings is 1. The number of hydrogen-bond acceptors (Lipinski definition) is 4. The van der Waals surface area contributed by atoms with Gasteiger partial charge in [-0.1, -0.05) is 18.2 Å². The quantitative estimate of drug-likeness (QED) is 0.871. The van der Waals surface area contributed by atoms with Crippen LogP contribution in [-0.4, -0.2) is 27.5 Å². The molecular weight excluding hydrogens is 263 g/mol. The number of aromatic nitrogens is 2. The lowest BCUT2D eigenvalue weighted by molar-refractivity contribution is 0.0517. The van der Waals surface area contributed by atoms with E-state index in [1.54, 1.807) is 32.0 Å². The number of nitrogens with zero attached hydrogens (tertiary/aromatic N) is 2. The minimum absolute atomic E-state index is 0.0404. The molecule has 0 atom stereocenters. The molecule has 0 amide bonds. The largest absolute Gasteiger partial charge is 0.493 e. The lowest BCUT2D eigenvalue weighted by atomic mass is 10.2. The van der Waals surface area contributed by atoms with Crippen LogP contribution in [0.5, 0.6) is 5.88 Å². The first-order chi connectivity index (χ1) is 9.54. The zero-order chi connectivity index (χ0) is 14.7. The molecule has 5 nitrogen and oxygen atoms in total. The number of carbonyl (C=O) groups is 1. The van der Waals surface area contributed by atoms with Crippen molar-refractivity contribution in [2.45, 2.75) is 20.4 Å². The van der Waals surface area contributed by atoms with E-state index in [0.29, 0.717) is 11.1 Å². The van der Waals surface area contributed by atoms with Gasteiger partial charge in [-0.2, -0.15) is 5.10 Å². The molecule has 0 aliphatic heterocycles. The molecule has 0 bridgehead atoms. The van der Waals surface area contributed by atoms with Gasteiger partial charge in [0.2, 0.25) is 5.88 Å². The Morgan fingerprint density at radius 3 is 2.80 bits per heavy atom. The van der Waals surface area contributed by atoms with E-state index in [-0.39, 0.29) is 24.7 Å². The molecule has 0 saturated heterocycles. The molecule has 20 heavy (non-hydrogen) atoms. The third-order valence-corrected chi connectivity index (χ3v) is 2.90. The third-order valence-electron chi connectivity index (χ3n) is 2.90. The maximum atomic E-state index is 13.6. The Morgan fingerprint density at radius 2 is 2.15 bits per heavy atom. The van der Waals surface area contributed by atoms with Crippen molar-refractivity contribution in [3.8, 4) is 5.88 Å². The second-order valence-corrected chi connectivity index (χ2v) is 4.27. The molecule has 0 fully saturated rings. The molecule has 1 heterocycles. The predicted molar refractivity (Wildman–Crippen MR) is 70.1 cm³/mol. The van der Waals surface area contributed by atoms with Crippen LogP contribution in [0.15, 0.2) is 24.3 Å². The Labute approximate surface area is 115 Å². The highest BCUT2D eigenvalue weighted by molar-refractivity contribution is 5.89. The van der Waals surface area contributed by atoms with Crippen molar-refractivity contribution < 1.29 is 19.0 Å². The monoisotopic (exact) mass is 278 g/mol. The molecular formula is C14H15FN2O3. The first-order valence-corrected chi connectivity index (χ1v) is 6.21. The van der Waals surface area contributed by atoms with Crippen molar-refractivity contribution in [1.29, 1.82) is 0 Å². The van der Waals surface area contributed by atoms with Crippen LogP contribution < -0.4 is 0 Å². The SMILES string of the molecule is CCOC(=O)c1nn(Cc2ccccc2F)c(O)c1C. The van der Waals surface area contributed by atoms with Gasteiger partial charge in [-0.25, -0.2) is 13.9 Å². The number of esters is 1. The van der Waals surface area contributed by atoms with E-state index in [9.17, 15) is 14.3 Å². The molecule has 0 spiro atoms. The molecule has 1 aromatic carbocycles. The maximum Gasteiger partial charge on any atom is 0.359 e. The van der Waals surface area contributed by atoms with Gasteiger partial charge in [0.1, 0.15) is 5.82 Å². The van der Waals surface area contributed by atoms with Crippen molar-refractivity contribution in [3.63, 3.8) is 0 Å². The van der Waals surface area contributed by atoms with E-state index in [0.717, 1.165) is 0 Å². The summed E-state index contributed by atoms with van der Waals surface area (Å²) in [5.41, 5.74) is 0.737. The number of hydrogen-bond donors (Lipinski definition) is 1. The highest BCUT2D eigenvalue weighted by atomic mass is 19.1. The molecule has 106 valence electrons. The van der Waals surface area contributed by atoms with Gasteiger partial charge >= 0.3 is 5.97 Å². The molecule has 0 radical (unpaired) electrons. The van der Waals surface area contributed by atoms with Crippen molar-refractivity contribution in [1.82, 2.24) is 9.78 Å². The Morgan fingerprint density at radius 1 is 1.45 bits per heavy atom. The summed E-state index contributed by atoms with van der Waals surface area (Å²) in [6.45, 7) is 3.51. The van der Waals surface area contributed by atoms with Crippen LogP contribution in [0, 0.1) is 12.7 Å². The van der Waals surface area contributed by atoms with Crippen LogP contribution in [0.25, 0.3) is 0 Å². The van der Waals surface area contributed by atoms with E-state index < -0.39 is 11.8 Å². The van der Waals surface area contributed by atoms with Gasteiger partial charge < -0.3 is 9.84 Å². The normalized spacial score (nSPS) is 10.6. The molecule has 0 aliphatic carbocycles. The van der Waals surface area contributed by atoms with Crippen molar-refractivity contribution >= 4 is 5.97 Å². The summed E-state index contributed by atoms with van der Waals surface area (Å²) < 4.78 is 19.6. The second kappa shape index (κ2) is 5.73. The number of halogens is 1. The fourth-order valence-corrected chi connectivity index (χ4v) is 1.83. The lowest BCUT2D eigenvalue weighted by Crippen LogP contribution is -2.09. The zero-order valence-electron chi connectivity index (χ0n) is 11.3. The zero-order valence-corrected chi connectivity index (χ0v) is 11.3. The Kier molecular flexibility index (Phi) is 4.02. The smallest absolute Gasteiger partial charge is 0.359 e. The Bertz CT molecular complexity index is 637. The molecule has 0 saturated carbocycles. The second-order valence-electron chi connectivity index (χ2n) is 4.27. The highest BCUT2D eigenvalue weighted by Crippen LogP contribution is 2.22. The van der Waals surface area contributed by atoms with Crippen LogP contribution in [0.2, 0.25) is 0 Å². The van der Waals surface area contributed by atoms with Gasteiger partial charge in [0.15, 0.2) is 5.69 Å². The number of rotatable bonds is 4. The van der Waals surface area contributed by atoms with Crippen LogP contribution in [0.1, 0.15) is 28.5 Å². The maximum absolute atomic E-state index is 13.6. The van der Waals surface area contributed by atoms with Gasteiger partial charge in [0.25, 0.3) is 0 Å². The summed E-state index contributed by atoms with van der Waals surface area (Å²) in [7, 11) is 0. The third kappa shape index (κ3) is 2.64. The minimum atomic E-state index is -0.604. The fourth-order valence-electron chi connectivity index (χ4n) is 1.83. The molecule has 1 aromatic heterocycles.